The third-order valence-electron chi connectivity index (χ3n) is 8.34. The van der Waals surface area contributed by atoms with Crippen LogP contribution in [0.5, 0.6) is 0 Å². The molecule has 2 saturated heterocycles. The Morgan fingerprint density at radius 1 is 0.909 bits per heavy atom. The fraction of sp³-hybridized carbons (Fsp3) is 0.793. The zero-order valence-corrected chi connectivity index (χ0v) is 22.1. The molecule has 0 radical (unpaired) electrons. The summed E-state index contributed by atoms with van der Waals surface area (Å²) in [6, 6.07) is 7.46. The summed E-state index contributed by atoms with van der Waals surface area (Å²) in [6.07, 6.45) is 8.13. The van der Waals surface area contributed by atoms with Crippen LogP contribution < -0.4 is 9.80 Å². The van der Waals surface area contributed by atoms with Crippen molar-refractivity contribution >= 4 is 11.4 Å². The van der Waals surface area contributed by atoms with E-state index in [9.17, 15) is 0 Å². The van der Waals surface area contributed by atoms with Crippen LogP contribution >= 0.6 is 0 Å². The highest BCUT2D eigenvalue weighted by Gasteiger charge is 2.31. The van der Waals surface area contributed by atoms with E-state index < -0.39 is 0 Å². The molecule has 186 valence electrons. The molecule has 4 heteroatoms. The summed E-state index contributed by atoms with van der Waals surface area (Å²) < 4.78 is 5.90. The summed E-state index contributed by atoms with van der Waals surface area (Å²) >= 11 is 0. The highest BCUT2D eigenvalue weighted by Crippen LogP contribution is 2.46. The Morgan fingerprint density at radius 2 is 1.58 bits per heavy atom. The standard InChI is InChI=1S/C29H49N3O/c1-6-33-26-11-15-31(16-12-26)25-7-8-28(32-19-17-30(18-20-32)22-23(2)3)27(21-25)24-9-13-29(4,5)14-10-24/h7-8,21,23-24,26H,6,9-20,22H2,1-5H3. The fourth-order valence-electron chi connectivity index (χ4n) is 6.27. The fourth-order valence-corrected chi connectivity index (χ4v) is 6.27. The first-order chi connectivity index (χ1) is 15.8. The number of piperidine rings is 1. The Balaban J connectivity index is 1.51. The van der Waals surface area contributed by atoms with Crippen molar-refractivity contribution in [3.8, 4) is 0 Å². The summed E-state index contributed by atoms with van der Waals surface area (Å²) in [5.74, 6) is 1.46. The van der Waals surface area contributed by atoms with E-state index in [1.807, 2.05) is 0 Å². The summed E-state index contributed by atoms with van der Waals surface area (Å²) in [4.78, 5) is 7.95. The van der Waals surface area contributed by atoms with Crippen molar-refractivity contribution in [2.24, 2.45) is 11.3 Å². The lowest BCUT2D eigenvalue weighted by molar-refractivity contribution is 0.0459. The molecule has 4 rings (SSSR count). The zero-order valence-electron chi connectivity index (χ0n) is 22.1. The minimum absolute atomic E-state index is 0.452. The highest BCUT2D eigenvalue weighted by atomic mass is 16.5. The maximum absolute atomic E-state index is 5.90. The number of anilines is 2. The quantitative estimate of drug-likeness (QED) is 0.490. The van der Waals surface area contributed by atoms with Crippen LogP contribution in [0.3, 0.4) is 0 Å². The molecule has 0 spiro atoms. The number of ether oxygens (including phenoxy) is 1. The van der Waals surface area contributed by atoms with E-state index in [0.717, 1.165) is 51.5 Å². The van der Waals surface area contributed by atoms with E-state index in [1.54, 1.807) is 5.56 Å². The Hall–Kier alpha value is -1.26. The van der Waals surface area contributed by atoms with Crippen molar-refractivity contribution in [3.05, 3.63) is 23.8 Å². The van der Waals surface area contributed by atoms with Gasteiger partial charge in [0, 0.05) is 63.8 Å². The molecule has 4 nitrogen and oxygen atoms in total. The van der Waals surface area contributed by atoms with Gasteiger partial charge in [-0.2, -0.15) is 0 Å². The molecule has 0 amide bonds. The molecule has 0 bridgehead atoms. The van der Waals surface area contributed by atoms with Gasteiger partial charge in [0.15, 0.2) is 0 Å². The van der Waals surface area contributed by atoms with Gasteiger partial charge < -0.3 is 14.5 Å². The maximum atomic E-state index is 5.90. The Labute approximate surface area is 203 Å². The summed E-state index contributed by atoms with van der Waals surface area (Å²) in [5, 5.41) is 0. The normalized spacial score (nSPS) is 23.5. The molecular formula is C29H49N3O. The van der Waals surface area contributed by atoms with E-state index in [1.165, 1.54) is 56.7 Å². The Kier molecular flexibility index (Phi) is 8.28. The van der Waals surface area contributed by atoms with Crippen molar-refractivity contribution in [1.82, 2.24) is 4.90 Å². The van der Waals surface area contributed by atoms with Crippen molar-refractivity contribution in [2.45, 2.75) is 85.2 Å². The molecule has 2 heterocycles. The second-order valence-electron chi connectivity index (χ2n) is 12.0. The summed E-state index contributed by atoms with van der Waals surface area (Å²) in [6.45, 7) is 20.7. The highest BCUT2D eigenvalue weighted by molar-refractivity contribution is 5.63. The van der Waals surface area contributed by atoms with Crippen molar-refractivity contribution < 1.29 is 4.74 Å². The molecule has 0 atom stereocenters. The predicted octanol–water partition coefficient (Wildman–Crippen LogP) is 6.15. The Bertz CT molecular complexity index is 735. The van der Waals surface area contributed by atoms with E-state index in [-0.39, 0.29) is 0 Å². The number of hydrogen-bond donors (Lipinski definition) is 0. The smallest absolute Gasteiger partial charge is 0.0608 e. The maximum Gasteiger partial charge on any atom is 0.0608 e. The lowest BCUT2D eigenvalue weighted by Gasteiger charge is -2.41. The van der Waals surface area contributed by atoms with Crippen LogP contribution in [-0.2, 0) is 4.74 Å². The second-order valence-corrected chi connectivity index (χ2v) is 12.0. The lowest BCUT2D eigenvalue weighted by Crippen LogP contribution is -2.47. The van der Waals surface area contributed by atoms with Gasteiger partial charge in [0.2, 0.25) is 0 Å². The van der Waals surface area contributed by atoms with Crippen LogP contribution in [0.25, 0.3) is 0 Å². The van der Waals surface area contributed by atoms with Gasteiger partial charge in [-0.15, -0.1) is 0 Å². The van der Waals surface area contributed by atoms with Crippen LogP contribution in [-0.4, -0.2) is 63.4 Å². The van der Waals surface area contributed by atoms with E-state index in [0.29, 0.717) is 17.4 Å². The van der Waals surface area contributed by atoms with Crippen molar-refractivity contribution in [2.75, 3.05) is 62.2 Å². The average Bonchev–Trinajstić information content (AvgIpc) is 2.80. The first kappa shape index (κ1) is 24.9. The van der Waals surface area contributed by atoms with Crippen LogP contribution in [0.1, 0.15) is 84.6 Å². The molecule has 1 saturated carbocycles. The summed E-state index contributed by atoms with van der Waals surface area (Å²) in [5.41, 5.74) is 5.11. The number of hydrogen-bond acceptors (Lipinski definition) is 4. The molecule has 3 fully saturated rings. The third-order valence-corrected chi connectivity index (χ3v) is 8.34. The van der Waals surface area contributed by atoms with Crippen LogP contribution in [0.15, 0.2) is 18.2 Å². The van der Waals surface area contributed by atoms with Gasteiger partial charge in [-0.3, -0.25) is 4.90 Å². The molecule has 0 unspecified atom stereocenters. The molecular weight excluding hydrogens is 406 g/mol. The van der Waals surface area contributed by atoms with Gasteiger partial charge >= 0.3 is 0 Å². The second kappa shape index (κ2) is 11.0. The van der Waals surface area contributed by atoms with Gasteiger partial charge in [-0.05, 0) is 86.5 Å². The summed E-state index contributed by atoms with van der Waals surface area (Å²) in [7, 11) is 0. The number of nitrogens with zero attached hydrogens (tertiary/aromatic N) is 3. The van der Waals surface area contributed by atoms with Gasteiger partial charge in [-0.1, -0.05) is 27.7 Å². The number of piperazine rings is 1. The lowest BCUT2D eigenvalue weighted by atomic mass is 9.71. The van der Waals surface area contributed by atoms with Crippen LogP contribution in [0.2, 0.25) is 0 Å². The third kappa shape index (κ3) is 6.45. The van der Waals surface area contributed by atoms with Gasteiger partial charge in [0.25, 0.3) is 0 Å². The minimum atomic E-state index is 0.452. The monoisotopic (exact) mass is 455 g/mol. The van der Waals surface area contributed by atoms with Crippen molar-refractivity contribution in [1.29, 1.82) is 0 Å². The zero-order chi connectivity index (χ0) is 23.4. The number of rotatable bonds is 7. The first-order valence-corrected chi connectivity index (χ1v) is 13.8. The number of benzene rings is 1. The molecule has 33 heavy (non-hydrogen) atoms. The van der Waals surface area contributed by atoms with Crippen molar-refractivity contribution in [3.63, 3.8) is 0 Å². The van der Waals surface area contributed by atoms with E-state index >= 15 is 0 Å². The van der Waals surface area contributed by atoms with E-state index in [2.05, 4.69) is 67.5 Å². The molecule has 1 aromatic carbocycles. The molecule has 3 aliphatic rings. The van der Waals surface area contributed by atoms with Gasteiger partial charge in [-0.25, -0.2) is 0 Å². The minimum Gasteiger partial charge on any atom is -0.378 e. The van der Waals surface area contributed by atoms with Crippen LogP contribution in [0, 0.1) is 11.3 Å². The molecule has 1 aromatic rings. The largest absolute Gasteiger partial charge is 0.378 e. The first-order valence-electron chi connectivity index (χ1n) is 13.8. The molecule has 2 aliphatic heterocycles. The van der Waals surface area contributed by atoms with Gasteiger partial charge in [0.1, 0.15) is 0 Å². The van der Waals surface area contributed by atoms with E-state index in [4.69, 9.17) is 4.74 Å². The SMILES string of the molecule is CCOC1CCN(c2ccc(N3CCN(CC(C)C)CC3)c(C3CCC(C)(C)CC3)c2)CC1. The topological polar surface area (TPSA) is 19.0 Å². The predicted molar refractivity (Wildman–Crippen MR) is 142 cm³/mol. The Morgan fingerprint density at radius 3 is 2.18 bits per heavy atom. The van der Waals surface area contributed by atoms with Gasteiger partial charge in [0.05, 0.1) is 6.10 Å². The molecule has 0 aromatic heterocycles. The molecule has 0 N–H and O–H groups in total. The average molecular weight is 456 g/mol. The van der Waals surface area contributed by atoms with Crippen LogP contribution in [0.4, 0.5) is 11.4 Å². The molecule has 1 aliphatic carbocycles.